The van der Waals surface area contributed by atoms with Crippen molar-refractivity contribution in [1.29, 1.82) is 0 Å². The number of rotatable bonds is 10. The van der Waals surface area contributed by atoms with E-state index in [1.54, 1.807) is 10.7 Å². The molecule has 0 spiro atoms. The van der Waals surface area contributed by atoms with Crippen LogP contribution in [0.15, 0.2) is 36.4 Å². The Morgan fingerprint density at radius 2 is 2.13 bits per heavy atom. The summed E-state index contributed by atoms with van der Waals surface area (Å²) in [5.74, 6) is 0.0845. The van der Waals surface area contributed by atoms with Crippen LogP contribution < -0.4 is 16.4 Å². The summed E-state index contributed by atoms with van der Waals surface area (Å²) < 4.78 is 1.61. The lowest BCUT2D eigenvalue weighted by Gasteiger charge is -2.15. The van der Waals surface area contributed by atoms with Crippen molar-refractivity contribution in [2.24, 2.45) is 0 Å². The second-order valence-corrected chi connectivity index (χ2v) is 7.70. The average molecular weight is 426 g/mol. The number of aromatic nitrogens is 3. The Hall–Kier alpha value is -3.20. The molecule has 1 saturated heterocycles. The molecule has 1 aliphatic heterocycles. The molecule has 1 aliphatic rings. The highest BCUT2D eigenvalue weighted by Gasteiger charge is 2.23. The fourth-order valence-electron chi connectivity index (χ4n) is 3.96. The molecule has 0 saturated carbocycles. The molecule has 9 heteroatoms. The van der Waals surface area contributed by atoms with E-state index in [0.29, 0.717) is 36.3 Å². The molecule has 2 aromatic rings. The van der Waals surface area contributed by atoms with Gasteiger partial charge < -0.3 is 21.3 Å². The van der Waals surface area contributed by atoms with Crippen molar-refractivity contribution < 1.29 is 9.59 Å². The zero-order valence-corrected chi connectivity index (χ0v) is 18.2. The van der Waals surface area contributed by atoms with Crippen LogP contribution in [0, 0.1) is 0 Å². The highest BCUT2D eigenvalue weighted by atomic mass is 16.1. The van der Waals surface area contributed by atoms with E-state index in [9.17, 15) is 9.59 Å². The number of hydrogen-bond donors (Lipinski definition) is 3. The minimum atomic E-state index is -0.142. The molecule has 31 heavy (non-hydrogen) atoms. The van der Waals surface area contributed by atoms with Gasteiger partial charge in [-0.05, 0) is 32.9 Å². The Morgan fingerprint density at radius 3 is 2.84 bits per heavy atom. The number of carbonyl (C=O) groups excluding carboxylic acids is 2. The van der Waals surface area contributed by atoms with Crippen molar-refractivity contribution in [3.63, 3.8) is 0 Å². The first kappa shape index (κ1) is 22.5. The van der Waals surface area contributed by atoms with Gasteiger partial charge >= 0.3 is 0 Å². The molecular weight excluding hydrogens is 394 g/mol. The first-order valence-electron chi connectivity index (χ1n) is 10.7. The molecule has 1 atom stereocenters. The first-order chi connectivity index (χ1) is 15.0. The number of carbonyl (C=O) groups is 2. The van der Waals surface area contributed by atoms with Gasteiger partial charge in [-0.2, -0.15) is 5.10 Å². The Bertz CT molecular complexity index is 974. The second kappa shape index (κ2) is 10.7. The van der Waals surface area contributed by atoms with Crippen LogP contribution in [0.1, 0.15) is 54.9 Å². The van der Waals surface area contributed by atoms with E-state index < -0.39 is 0 Å². The lowest BCUT2D eigenvalue weighted by Crippen LogP contribution is -2.33. The summed E-state index contributed by atoms with van der Waals surface area (Å²) in [4.78, 5) is 30.2. The normalized spacial score (nSPS) is 16.1. The molecular formula is C22H31N7O2. The highest BCUT2D eigenvalue weighted by Crippen LogP contribution is 2.30. The first-order valence-corrected chi connectivity index (χ1v) is 10.7. The minimum absolute atomic E-state index is 0.105. The van der Waals surface area contributed by atoms with E-state index in [1.165, 1.54) is 19.2 Å². The van der Waals surface area contributed by atoms with Crippen LogP contribution in [-0.2, 0) is 4.79 Å². The highest BCUT2D eigenvalue weighted by molar-refractivity contribution is 5.99. The van der Waals surface area contributed by atoms with Crippen molar-refractivity contribution in [2.75, 3.05) is 31.9 Å². The average Bonchev–Trinajstić information content (AvgIpc) is 3.41. The number of fused-ring (bicyclic) bond motifs is 1. The number of anilines is 1. The third kappa shape index (κ3) is 5.49. The molecule has 2 aromatic heterocycles. The van der Waals surface area contributed by atoms with Gasteiger partial charge in [-0.25, -0.2) is 9.50 Å². The van der Waals surface area contributed by atoms with Crippen LogP contribution in [0.4, 0.5) is 5.82 Å². The van der Waals surface area contributed by atoms with E-state index in [1.807, 2.05) is 32.1 Å². The Kier molecular flexibility index (Phi) is 7.77. The molecule has 0 aromatic carbocycles. The van der Waals surface area contributed by atoms with Gasteiger partial charge in [0.1, 0.15) is 11.8 Å². The number of likely N-dealkylation sites (tertiary alicyclic amines) is 1. The Balaban J connectivity index is 1.80. The molecule has 1 unspecified atom stereocenters. The van der Waals surface area contributed by atoms with E-state index in [2.05, 4.69) is 25.6 Å². The largest absolute Gasteiger partial charge is 0.382 e. The lowest BCUT2D eigenvalue weighted by atomic mass is 9.96. The monoisotopic (exact) mass is 425 g/mol. The fraction of sp³-hybridized carbons (Fsp3) is 0.455. The number of nitrogens with zero attached hydrogens (tertiary/aromatic N) is 4. The van der Waals surface area contributed by atoms with Crippen molar-refractivity contribution >= 4 is 23.7 Å². The standard InChI is InChI=1S/C22H31N7O2/c1-3-17(26-15-30)8-6-7-16(2)19-18(13-29-20(19)21(23)25-14-27-29)22(31)24-9-12-28-10-4-5-11-28/h3,6-7,13-16H,4-5,8-12H2,1-2H3,(H,24,31)(H,26,30)(H2,23,25,27)/b7-6-,17-3+. The second-order valence-electron chi connectivity index (χ2n) is 7.70. The molecule has 2 amide bonds. The summed E-state index contributed by atoms with van der Waals surface area (Å²) in [5.41, 5.74) is 8.92. The minimum Gasteiger partial charge on any atom is -0.382 e. The van der Waals surface area contributed by atoms with E-state index in [4.69, 9.17) is 5.73 Å². The summed E-state index contributed by atoms with van der Waals surface area (Å²) in [6.07, 6.45) is 12.6. The zero-order valence-electron chi connectivity index (χ0n) is 18.2. The molecule has 9 nitrogen and oxygen atoms in total. The van der Waals surface area contributed by atoms with Gasteiger partial charge in [-0.3, -0.25) is 9.59 Å². The third-order valence-electron chi connectivity index (χ3n) is 5.61. The van der Waals surface area contributed by atoms with Gasteiger partial charge in [-0.1, -0.05) is 25.2 Å². The fourth-order valence-corrected chi connectivity index (χ4v) is 3.96. The van der Waals surface area contributed by atoms with Gasteiger partial charge in [0.25, 0.3) is 5.91 Å². The summed E-state index contributed by atoms with van der Waals surface area (Å²) in [5, 5.41) is 9.94. The van der Waals surface area contributed by atoms with Gasteiger partial charge in [-0.15, -0.1) is 0 Å². The maximum absolute atomic E-state index is 13.0. The van der Waals surface area contributed by atoms with Crippen LogP contribution in [0.3, 0.4) is 0 Å². The summed E-state index contributed by atoms with van der Waals surface area (Å²) in [6.45, 7) is 7.51. The lowest BCUT2D eigenvalue weighted by molar-refractivity contribution is -0.108. The topological polar surface area (TPSA) is 118 Å². The number of nitrogen functional groups attached to an aromatic ring is 1. The third-order valence-corrected chi connectivity index (χ3v) is 5.61. The molecule has 3 heterocycles. The van der Waals surface area contributed by atoms with Gasteiger partial charge in [0.2, 0.25) is 6.41 Å². The van der Waals surface area contributed by atoms with Crippen LogP contribution in [0.5, 0.6) is 0 Å². The quantitative estimate of drug-likeness (QED) is 0.395. The Morgan fingerprint density at radius 1 is 1.35 bits per heavy atom. The summed E-state index contributed by atoms with van der Waals surface area (Å²) in [6, 6.07) is 0. The number of nitrogens with two attached hydrogens (primary N) is 1. The van der Waals surface area contributed by atoms with Crippen LogP contribution in [0.25, 0.3) is 5.52 Å². The number of allylic oxidation sites excluding steroid dienone is 3. The van der Waals surface area contributed by atoms with Crippen molar-refractivity contribution in [2.45, 2.75) is 39.0 Å². The van der Waals surface area contributed by atoms with Crippen LogP contribution in [0.2, 0.25) is 0 Å². The Labute approximate surface area is 182 Å². The smallest absolute Gasteiger partial charge is 0.253 e. The molecule has 1 fully saturated rings. The van der Waals surface area contributed by atoms with Crippen molar-refractivity contribution in [3.05, 3.63) is 47.6 Å². The maximum Gasteiger partial charge on any atom is 0.253 e. The zero-order chi connectivity index (χ0) is 22.2. The summed E-state index contributed by atoms with van der Waals surface area (Å²) >= 11 is 0. The van der Waals surface area contributed by atoms with E-state index in [-0.39, 0.29) is 11.8 Å². The number of hydrogen-bond acceptors (Lipinski definition) is 6. The predicted octanol–water partition coefficient (Wildman–Crippen LogP) is 1.84. The predicted molar refractivity (Wildman–Crippen MR) is 121 cm³/mol. The summed E-state index contributed by atoms with van der Waals surface area (Å²) in [7, 11) is 0. The van der Waals surface area contributed by atoms with Gasteiger partial charge in [0.05, 0.1) is 5.56 Å². The van der Waals surface area contributed by atoms with E-state index in [0.717, 1.165) is 30.9 Å². The molecule has 3 rings (SSSR count). The molecule has 0 aliphatic carbocycles. The van der Waals surface area contributed by atoms with Crippen molar-refractivity contribution in [3.8, 4) is 0 Å². The van der Waals surface area contributed by atoms with Crippen molar-refractivity contribution in [1.82, 2.24) is 30.1 Å². The van der Waals surface area contributed by atoms with Gasteiger partial charge in [0, 0.05) is 42.9 Å². The van der Waals surface area contributed by atoms with E-state index >= 15 is 0 Å². The SMILES string of the molecule is C/C=C(\C/C=C\C(C)c1c(C(=O)NCCN2CCCC2)cn2ncnc(N)c12)NC=O. The van der Waals surface area contributed by atoms with Crippen LogP contribution in [-0.4, -0.2) is 58.0 Å². The molecule has 4 N–H and O–H groups in total. The number of nitrogens with one attached hydrogen (secondary N) is 2. The maximum atomic E-state index is 13.0. The van der Waals surface area contributed by atoms with Crippen LogP contribution >= 0.6 is 0 Å². The molecule has 0 radical (unpaired) electrons. The molecule has 0 bridgehead atoms. The molecule has 166 valence electrons. The van der Waals surface area contributed by atoms with Gasteiger partial charge in [0.15, 0.2) is 5.82 Å². The number of amides is 2.